The average molecular weight is 228 g/mol. The average Bonchev–Trinajstić information content (AvgIpc) is 1.98. The zero-order chi connectivity index (χ0) is 11.5. The van der Waals surface area contributed by atoms with E-state index in [1.54, 1.807) is 0 Å². The number of carbonyl (C=O) groups is 1. The number of alkyl halides is 3. The first kappa shape index (κ1) is 13.2. The molecular weight excluding hydrogens is 217 g/mol. The minimum absolute atomic E-state index is 0.0111. The van der Waals surface area contributed by atoms with Gasteiger partial charge in [-0.15, -0.1) is 0 Å². The quantitative estimate of drug-likeness (QED) is 0.735. The number of thiocarbonyl (C=S) groups is 1. The van der Waals surface area contributed by atoms with Gasteiger partial charge in [0, 0.05) is 7.05 Å². The molecular formula is C7H11F3N2OS. The van der Waals surface area contributed by atoms with E-state index in [9.17, 15) is 18.0 Å². The summed E-state index contributed by atoms with van der Waals surface area (Å²) in [6.07, 6.45) is -5.99. The van der Waals surface area contributed by atoms with Crippen LogP contribution in [0.5, 0.6) is 0 Å². The Morgan fingerprint density at radius 2 is 2.00 bits per heavy atom. The van der Waals surface area contributed by atoms with Crippen molar-refractivity contribution in [3.05, 3.63) is 0 Å². The van der Waals surface area contributed by atoms with E-state index < -0.39 is 24.5 Å². The summed E-state index contributed by atoms with van der Waals surface area (Å²) in [4.78, 5) is 11.9. The zero-order valence-electron chi connectivity index (χ0n) is 7.76. The Kier molecular flexibility index (Phi) is 4.31. The van der Waals surface area contributed by atoms with E-state index >= 15 is 0 Å². The van der Waals surface area contributed by atoms with Crippen LogP contribution in [0.15, 0.2) is 0 Å². The molecule has 1 unspecified atom stereocenters. The summed E-state index contributed by atoms with van der Waals surface area (Å²) < 4.78 is 35.5. The lowest BCUT2D eigenvalue weighted by Gasteiger charge is -2.24. The van der Waals surface area contributed by atoms with Crippen LogP contribution in [-0.2, 0) is 4.79 Å². The molecule has 2 N–H and O–H groups in total. The Balaban J connectivity index is 4.33. The van der Waals surface area contributed by atoms with Crippen molar-refractivity contribution in [1.29, 1.82) is 0 Å². The van der Waals surface area contributed by atoms with Gasteiger partial charge in [0.15, 0.2) is 0 Å². The monoisotopic (exact) mass is 228 g/mol. The second-order valence-corrected chi connectivity index (χ2v) is 3.35. The molecule has 1 atom stereocenters. The first-order chi connectivity index (χ1) is 6.15. The summed E-state index contributed by atoms with van der Waals surface area (Å²) in [5, 5.41) is 0. The fourth-order valence-electron chi connectivity index (χ4n) is 0.703. The van der Waals surface area contributed by atoms with Crippen LogP contribution in [0.1, 0.15) is 13.3 Å². The molecule has 0 aliphatic carbocycles. The first-order valence-corrected chi connectivity index (χ1v) is 4.17. The van der Waals surface area contributed by atoms with Crippen molar-refractivity contribution < 1.29 is 18.0 Å². The minimum Gasteiger partial charge on any atom is -0.392 e. The highest BCUT2D eigenvalue weighted by Crippen LogP contribution is 2.20. The predicted molar refractivity (Wildman–Crippen MR) is 49.7 cm³/mol. The predicted octanol–water partition coefficient (Wildman–Crippen LogP) is 1.07. The van der Waals surface area contributed by atoms with Crippen LogP contribution in [0, 0.1) is 0 Å². The second-order valence-electron chi connectivity index (χ2n) is 2.87. The highest BCUT2D eigenvalue weighted by Gasteiger charge is 2.33. The van der Waals surface area contributed by atoms with Crippen molar-refractivity contribution in [2.24, 2.45) is 5.73 Å². The molecule has 14 heavy (non-hydrogen) atoms. The molecule has 0 saturated carbocycles. The van der Waals surface area contributed by atoms with Crippen molar-refractivity contribution in [2.45, 2.75) is 25.6 Å². The standard InChI is InChI=1S/C7H11F3N2OS/c1-4(6(11)14)12(2)5(13)3-7(8,9)10/h4H,3H2,1-2H3,(H2,11,14). The Morgan fingerprint density at radius 3 is 2.29 bits per heavy atom. The molecule has 82 valence electrons. The summed E-state index contributed by atoms with van der Waals surface area (Å²) in [7, 11) is 1.23. The molecule has 0 bridgehead atoms. The summed E-state index contributed by atoms with van der Waals surface area (Å²) >= 11 is 4.56. The molecule has 0 aromatic heterocycles. The van der Waals surface area contributed by atoms with Crippen LogP contribution in [0.3, 0.4) is 0 Å². The number of halogens is 3. The fourth-order valence-corrected chi connectivity index (χ4v) is 0.861. The van der Waals surface area contributed by atoms with Crippen LogP contribution in [0.25, 0.3) is 0 Å². The Morgan fingerprint density at radius 1 is 1.57 bits per heavy atom. The van der Waals surface area contributed by atoms with Crippen LogP contribution in [0.4, 0.5) is 13.2 Å². The van der Waals surface area contributed by atoms with Gasteiger partial charge in [0.2, 0.25) is 5.91 Å². The molecule has 0 heterocycles. The normalized spacial score (nSPS) is 13.5. The van der Waals surface area contributed by atoms with E-state index in [-0.39, 0.29) is 4.99 Å². The number of likely N-dealkylation sites (N-methyl/N-ethyl adjacent to an activating group) is 1. The number of hydrogen-bond acceptors (Lipinski definition) is 2. The van der Waals surface area contributed by atoms with Crippen LogP contribution < -0.4 is 5.73 Å². The lowest BCUT2D eigenvalue weighted by molar-refractivity contribution is -0.160. The topological polar surface area (TPSA) is 46.3 Å². The van der Waals surface area contributed by atoms with Crippen molar-refractivity contribution >= 4 is 23.1 Å². The van der Waals surface area contributed by atoms with Crippen molar-refractivity contribution in [2.75, 3.05) is 7.05 Å². The van der Waals surface area contributed by atoms with Crippen LogP contribution in [0.2, 0.25) is 0 Å². The van der Waals surface area contributed by atoms with E-state index in [4.69, 9.17) is 5.73 Å². The Bertz CT molecular complexity index is 242. The Hall–Kier alpha value is -0.850. The molecule has 0 aliphatic heterocycles. The molecule has 0 aliphatic rings. The van der Waals surface area contributed by atoms with Crippen LogP contribution >= 0.6 is 12.2 Å². The molecule has 3 nitrogen and oxygen atoms in total. The summed E-state index contributed by atoms with van der Waals surface area (Å²) in [6, 6.07) is -0.667. The zero-order valence-corrected chi connectivity index (χ0v) is 8.58. The molecule has 0 aromatic carbocycles. The number of nitrogens with zero attached hydrogens (tertiary/aromatic N) is 1. The third-order valence-corrected chi connectivity index (χ3v) is 2.08. The lowest BCUT2D eigenvalue weighted by Crippen LogP contribution is -2.44. The second kappa shape index (κ2) is 4.59. The van der Waals surface area contributed by atoms with Crippen LogP contribution in [-0.4, -0.2) is 35.1 Å². The minimum atomic E-state index is -4.50. The smallest absolute Gasteiger partial charge is 0.392 e. The molecule has 0 saturated heterocycles. The molecule has 7 heteroatoms. The van der Waals surface area contributed by atoms with Crippen molar-refractivity contribution in [3.63, 3.8) is 0 Å². The van der Waals surface area contributed by atoms with Gasteiger partial charge in [0.1, 0.15) is 6.42 Å². The summed E-state index contributed by atoms with van der Waals surface area (Å²) in [5.74, 6) is -1.04. The summed E-state index contributed by atoms with van der Waals surface area (Å²) in [5.41, 5.74) is 5.19. The van der Waals surface area contributed by atoms with Gasteiger partial charge in [0.25, 0.3) is 0 Å². The molecule has 0 radical (unpaired) electrons. The number of amides is 1. The van der Waals surface area contributed by atoms with Gasteiger partial charge in [-0.3, -0.25) is 4.79 Å². The van der Waals surface area contributed by atoms with Gasteiger partial charge in [-0.2, -0.15) is 13.2 Å². The molecule has 1 amide bonds. The SMILES string of the molecule is CC(C(N)=S)N(C)C(=O)CC(F)(F)F. The van der Waals surface area contributed by atoms with Gasteiger partial charge in [-0.05, 0) is 6.92 Å². The maximum absolute atomic E-state index is 11.8. The maximum Gasteiger partial charge on any atom is 0.397 e. The molecule has 0 aromatic rings. The fraction of sp³-hybridized carbons (Fsp3) is 0.714. The molecule has 0 rings (SSSR count). The van der Waals surface area contributed by atoms with Crippen molar-refractivity contribution in [3.8, 4) is 0 Å². The van der Waals surface area contributed by atoms with Gasteiger partial charge in [-0.25, -0.2) is 0 Å². The highest BCUT2D eigenvalue weighted by molar-refractivity contribution is 7.80. The van der Waals surface area contributed by atoms with E-state index in [1.165, 1.54) is 14.0 Å². The highest BCUT2D eigenvalue weighted by atomic mass is 32.1. The molecule has 0 spiro atoms. The maximum atomic E-state index is 11.8. The van der Waals surface area contributed by atoms with E-state index in [1.807, 2.05) is 0 Å². The van der Waals surface area contributed by atoms with Gasteiger partial charge >= 0.3 is 6.18 Å². The number of nitrogens with two attached hydrogens (primary N) is 1. The number of rotatable bonds is 3. The van der Waals surface area contributed by atoms with Gasteiger partial charge in [0.05, 0.1) is 11.0 Å². The largest absolute Gasteiger partial charge is 0.397 e. The van der Waals surface area contributed by atoms with E-state index in [0.29, 0.717) is 0 Å². The lowest BCUT2D eigenvalue weighted by atomic mass is 10.2. The van der Waals surface area contributed by atoms with E-state index in [2.05, 4.69) is 12.2 Å². The third-order valence-electron chi connectivity index (χ3n) is 1.74. The third kappa shape index (κ3) is 4.40. The molecule has 0 fully saturated rings. The van der Waals surface area contributed by atoms with E-state index in [0.717, 1.165) is 4.90 Å². The first-order valence-electron chi connectivity index (χ1n) is 3.77. The number of carbonyl (C=O) groups excluding carboxylic acids is 1. The summed E-state index contributed by atoms with van der Waals surface area (Å²) in [6.45, 7) is 1.47. The number of hydrogen-bond donors (Lipinski definition) is 1. The van der Waals surface area contributed by atoms with Crippen molar-refractivity contribution in [1.82, 2.24) is 4.90 Å². The van der Waals surface area contributed by atoms with Gasteiger partial charge in [-0.1, -0.05) is 12.2 Å². The Labute approximate surface area is 85.0 Å². The van der Waals surface area contributed by atoms with Gasteiger partial charge < -0.3 is 10.6 Å².